The van der Waals surface area contributed by atoms with E-state index in [4.69, 9.17) is 0 Å². The molecule has 1 aliphatic carbocycles. The maximum absolute atomic E-state index is 11.1. The Hall–Kier alpha value is -2.15. The molecular formula is C16H12O. The second-order valence-corrected chi connectivity index (χ2v) is 4.26. The minimum Gasteiger partial charge on any atom is -0.298 e. The fraction of sp³-hybridized carbons (Fsp3) is 0.0625. The largest absolute Gasteiger partial charge is 0.298 e. The minimum atomic E-state index is -0.274. The molecule has 0 saturated heterocycles. The van der Waals surface area contributed by atoms with E-state index in [1.807, 2.05) is 42.5 Å². The quantitative estimate of drug-likeness (QED) is 0.726. The molecule has 2 aromatic carbocycles. The third-order valence-corrected chi connectivity index (χ3v) is 3.33. The highest BCUT2D eigenvalue weighted by Crippen LogP contribution is 2.50. The fourth-order valence-corrected chi connectivity index (χ4v) is 2.39. The molecule has 0 bridgehead atoms. The van der Waals surface area contributed by atoms with Crippen LogP contribution in [0.2, 0.25) is 0 Å². The van der Waals surface area contributed by atoms with Crippen LogP contribution in [-0.2, 0) is 10.2 Å². The van der Waals surface area contributed by atoms with Gasteiger partial charge in [-0.1, -0.05) is 66.7 Å². The smallest absolute Gasteiger partial charge is 0.147 e. The maximum atomic E-state index is 11.1. The van der Waals surface area contributed by atoms with Gasteiger partial charge in [-0.25, -0.2) is 0 Å². The van der Waals surface area contributed by atoms with Crippen molar-refractivity contribution in [2.45, 2.75) is 5.41 Å². The molecule has 17 heavy (non-hydrogen) atoms. The molecule has 0 radical (unpaired) electrons. The lowest BCUT2D eigenvalue weighted by molar-refractivity contribution is -0.104. The predicted molar refractivity (Wildman–Crippen MR) is 67.8 cm³/mol. The molecule has 0 heterocycles. The zero-order chi connectivity index (χ0) is 11.7. The van der Waals surface area contributed by atoms with Crippen molar-refractivity contribution in [2.24, 2.45) is 0 Å². The number of aldehydes is 1. The summed E-state index contributed by atoms with van der Waals surface area (Å²) in [7, 11) is 0. The van der Waals surface area contributed by atoms with Gasteiger partial charge in [0.1, 0.15) is 6.29 Å². The second-order valence-electron chi connectivity index (χ2n) is 4.26. The van der Waals surface area contributed by atoms with Crippen LogP contribution in [0.3, 0.4) is 0 Å². The molecule has 0 spiro atoms. The molecule has 0 aliphatic heterocycles. The predicted octanol–water partition coefficient (Wildman–Crippen LogP) is 3.11. The van der Waals surface area contributed by atoms with Crippen LogP contribution >= 0.6 is 0 Å². The highest BCUT2D eigenvalue weighted by molar-refractivity contribution is 5.90. The van der Waals surface area contributed by atoms with Crippen molar-refractivity contribution in [3.8, 4) is 0 Å². The number of carbonyl (C=O) groups is 1. The average Bonchev–Trinajstić information content (AvgIpc) is 3.17. The van der Waals surface area contributed by atoms with Crippen molar-refractivity contribution < 1.29 is 4.79 Å². The lowest BCUT2D eigenvalue weighted by Gasteiger charge is -2.18. The van der Waals surface area contributed by atoms with Crippen molar-refractivity contribution >= 4 is 6.29 Å². The molecule has 0 aromatic heterocycles. The van der Waals surface area contributed by atoms with E-state index in [1.54, 1.807) is 0 Å². The van der Waals surface area contributed by atoms with E-state index in [0.29, 0.717) is 0 Å². The molecule has 0 amide bonds. The standard InChI is InChI=1S/C16H12O/c17-12-15-11-16(15,13-7-3-1-4-8-13)14-9-5-2-6-10-14/h1-12H. The summed E-state index contributed by atoms with van der Waals surface area (Å²) < 4.78 is 0. The van der Waals surface area contributed by atoms with Crippen molar-refractivity contribution in [2.75, 3.05) is 0 Å². The molecular weight excluding hydrogens is 208 g/mol. The lowest BCUT2D eigenvalue weighted by Crippen LogP contribution is -2.13. The van der Waals surface area contributed by atoms with Crippen LogP contribution in [0.25, 0.3) is 0 Å². The molecule has 2 aromatic rings. The first-order chi connectivity index (χ1) is 8.38. The maximum Gasteiger partial charge on any atom is 0.147 e. The first-order valence-electron chi connectivity index (χ1n) is 5.67. The first kappa shape index (κ1) is 10.0. The van der Waals surface area contributed by atoms with Crippen LogP contribution < -0.4 is 0 Å². The molecule has 82 valence electrons. The highest BCUT2D eigenvalue weighted by atomic mass is 16.1. The van der Waals surface area contributed by atoms with Crippen LogP contribution in [0, 0.1) is 0 Å². The monoisotopic (exact) mass is 220 g/mol. The summed E-state index contributed by atoms with van der Waals surface area (Å²) in [5.41, 5.74) is 2.90. The number of benzene rings is 2. The third kappa shape index (κ3) is 1.43. The molecule has 0 unspecified atom stereocenters. The Morgan fingerprint density at radius 1 is 0.765 bits per heavy atom. The SMILES string of the molecule is O=CC1=CC1(c1ccccc1)c1ccccc1. The number of carbonyl (C=O) groups excluding carboxylic acids is 1. The number of rotatable bonds is 3. The van der Waals surface area contributed by atoms with E-state index in [-0.39, 0.29) is 5.41 Å². The highest BCUT2D eigenvalue weighted by Gasteiger charge is 2.46. The molecule has 0 atom stereocenters. The average molecular weight is 220 g/mol. The zero-order valence-corrected chi connectivity index (χ0v) is 9.34. The van der Waals surface area contributed by atoms with Gasteiger partial charge in [0, 0.05) is 5.57 Å². The Kier molecular flexibility index (Phi) is 2.19. The summed E-state index contributed by atoms with van der Waals surface area (Å²) >= 11 is 0. The van der Waals surface area contributed by atoms with Gasteiger partial charge in [-0.05, 0) is 11.1 Å². The van der Waals surface area contributed by atoms with Gasteiger partial charge in [-0.2, -0.15) is 0 Å². The fourth-order valence-electron chi connectivity index (χ4n) is 2.39. The van der Waals surface area contributed by atoms with Crippen LogP contribution in [0.5, 0.6) is 0 Å². The third-order valence-electron chi connectivity index (χ3n) is 3.33. The molecule has 1 heteroatoms. The van der Waals surface area contributed by atoms with Crippen molar-refractivity contribution in [1.29, 1.82) is 0 Å². The second kappa shape index (κ2) is 3.70. The van der Waals surface area contributed by atoms with E-state index in [2.05, 4.69) is 24.3 Å². The number of hydrogen-bond donors (Lipinski definition) is 0. The van der Waals surface area contributed by atoms with Crippen LogP contribution in [0.15, 0.2) is 72.3 Å². The van der Waals surface area contributed by atoms with Crippen LogP contribution in [0.4, 0.5) is 0 Å². The number of hydrogen-bond acceptors (Lipinski definition) is 1. The van der Waals surface area contributed by atoms with Crippen LogP contribution in [-0.4, -0.2) is 6.29 Å². The van der Waals surface area contributed by atoms with Gasteiger partial charge in [-0.15, -0.1) is 0 Å². The summed E-state index contributed by atoms with van der Waals surface area (Å²) in [4.78, 5) is 11.1. The van der Waals surface area contributed by atoms with E-state index >= 15 is 0 Å². The molecule has 1 aliphatic rings. The Balaban J connectivity index is 2.11. The van der Waals surface area contributed by atoms with Crippen molar-refractivity contribution in [3.63, 3.8) is 0 Å². The number of allylic oxidation sites excluding steroid dienone is 2. The Bertz CT molecular complexity index is 527. The Morgan fingerprint density at radius 3 is 1.59 bits per heavy atom. The summed E-state index contributed by atoms with van der Waals surface area (Å²) in [6.45, 7) is 0. The van der Waals surface area contributed by atoms with Crippen molar-refractivity contribution in [3.05, 3.63) is 83.4 Å². The Labute approximate surface area is 100 Å². The van der Waals surface area contributed by atoms with Gasteiger partial charge in [0.25, 0.3) is 0 Å². The van der Waals surface area contributed by atoms with E-state index in [0.717, 1.165) is 23.0 Å². The molecule has 3 rings (SSSR count). The molecule has 1 nitrogen and oxygen atoms in total. The van der Waals surface area contributed by atoms with Gasteiger partial charge in [0.05, 0.1) is 5.41 Å². The minimum absolute atomic E-state index is 0.274. The Morgan fingerprint density at radius 2 is 1.24 bits per heavy atom. The summed E-state index contributed by atoms with van der Waals surface area (Å²) in [6, 6.07) is 20.3. The summed E-state index contributed by atoms with van der Waals surface area (Å²) in [6.07, 6.45) is 2.99. The normalized spacial score (nSPS) is 16.1. The lowest BCUT2D eigenvalue weighted by atomic mass is 9.83. The van der Waals surface area contributed by atoms with E-state index < -0.39 is 0 Å². The van der Waals surface area contributed by atoms with Gasteiger partial charge >= 0.3 is 0 Å². The molecule has 0 fully saturated rings. The van der Waals surface area contributed by atoms with E-state index in [9.17, 15) is 4.79 Å². The first-order valence-corrected chi connectivity index (χ1v) is 5.67. The summed E-state index contributed by atoms with van der Waals surface area (Å²) in [5, 5.41) is 0. The van der Waals surface area contributed by atoms with Gasteiger partial charge in [0.2, 0.25) is 0 Å². The van der Waals surface area contributed by atoms with Gasteiger partial charge in [-0.3, -0.25) is 4.79 Å². The topological polar surface area (TPSA) is 17.1 Å². The zero-order valence-electron chi connectivity index (χ0n) is 9.34. The van der Waals surface area contributed by atoms with Gasteiger partial charge < -0.3 is 0 Å². The van der Waals surface area contributed by atoms with Gasteiger partial charge in [0.15, 0.2) is 0 Å². The van der Waals surface area contributed by atoms with E-state index in [1.165, 1.54) is 0 Å². The van der Waals surface area contributed by atoms with Crippen LogP contribution in [0.1, 0.15) is 11.1 Å². The summed E-state index contributed by atoms with van der Waals surface area (Å²) in [5.74, 6) is 0. The molecule has 0 saturated carbocycles. The van der Waals surface area contributed by atoms with Crippen molar-refractivity contribution in [1.82, 2.24) is 0 Å². The molecule has 0 N–H and O–H groups in total.